The first kappa shape index (κ1) is 12.0. The summed E-state index contributed by atoms with van der Waals surface area (Å²) in [5.41, 5.74) is 0. The van der Waals surface area contributed by atoms with Crippen LogP contribution in [0, 0.1) is 11.6 Å². The molecule has 5 heteroatoms. The van der Waals surface area contributed by atoms with E-state index in [9.17, 15) is 8.78 Å². The Morgan fingerprint density at radius 3 is 2.65 bits per heavy atom. The quantitative estimate of drug-likeness (QED) is 0.782. The number of hydrogen-bond donors (Lipinski definition) is 2. The summed E-state index contributed by atoms with van der Waals surface area (Å²) >= 11 is 0. The predicted molar refractivity (Wildman–Crippen MR) is 58.8 cm³/mol. The van der Waals surface area contributed by atoms with Crippen molar-refractivity contribution in [3.05, 3.63) is 42.0 Å². The van der Waals surface area contributed by atoms with Gasteiger partial charge in [-0.25, -0.2) is 8.78 Å². The highest BCUT2D eigenvalue weighted by Gasteiger charge is 2.22. The molecule has 1 aromatic carbocycles. The van der Waals surface area contributed by atoms with E-state index in [0.29, 0.717) is 6.54 Å². The summed E-state index contributed by atoms with van der Waals surface area (Å²) in [5, 5.41) is 12.1. The largest absolute Gasteiger partial charge is 0.484 e. The van der Waals surface area contributed by atoms with Crippen molar-refractivity contribution in [3.63, 3.8) is 0 Å². The Bertz CT molecular complexity index is 403. The molecule has 2 atom stereocenters. The molecule has 0 aliphatic carbocycles. The van der Waals surface area contributed by atoms with Gasteiger partial charge in [0.2, 0.25) is 0 Å². The number of ether oxygens (including phenoxy) is 1. The number of aliphatic hydroxyl groups is 1. The third-order valence-corrected chi connectivity index (χ3v) is 2.53. The van der Waals surface area contributed by atoms with Crippen molar-refractivity contribution in [1.29, 1.82) is 0 Å². The fraction of sp³-hybridized carbons (Fsp3) is 0.333. The number of hydrogen-bond acceptors (Lipinski definition) is 3. The molecule has 0 aromatic heterocycles. The monoisotopic (exact) mass is 241 g/mol. The lowest BCUT2D eigenvalue weighted by molar-refractivity contribution is 0.136. The van der Waals surface area contributed by atoms with Crippen LogP contribution >= 0.6 is 0 Å². The van der Waals surface area contributed by atoms with Gasteiger partial charge in [0.15, 0.2) is 0 Å². The number of benzene rings is 1. The standard InChI is InChI=1S/C12H13F2NO2/c13-8-4-9(14)6-10(5-8)17-12-2-1-3-15-11(12)7-16/h1-2,4-6,11-12,15-16H,3,7H2/t11-,12-/m0/s1. The molecular formula is C12H13F2NO2. The molecule has 1 aliphatic heterocycles. The van der Waals surface area contributed by atoms with Gasteiger partial charge in [0.25, 0.3) is 0 Å². The van der Waals surface area contributed by atoms with Crippen LogP contribution in [0.5, 0.6) is 5.75 Å². The normalized spacial score (nSPS) is 23.7. The van der Waals surface area contributed by atoms with Crippen LogP contribution in [0.15, 0.2) is 30.4 Å². The minimum absolute atomic E-state index is 0.104. The smallest absolute Gasteiger partial charge is 0.134 e. The molecule has 1 aliphatic rings. The topological polar surface area (TPSA) is 41.5 Å². The van der Waals surface area contributed by atoms with E-state index in [4.69, 9.17) is 9.84 Å². The minimum Gasteiger partial charge on any atom is -0.484 e. The zero-order chi connectivity index (χ0) is 12.3. The van der Waals surface area contributed by atoms with E-state index in [1.165, 1.54) is 0 Å². The van der Waals surface area contributed by atoms with Crippen molar-refractivity contribution in [3.8, 4) is 5.75 Å². The van der Waals surface area contributed by atoms with Crippen molar-refractivity contribution in [2.75, 3.05) is 13.2 Å². The summed E-state index contributed by atoms with van der Waals surface area (Å²) in [6, 6.07) is 2.73. The third-order valence-electron chi connectivity index (χ3n) is 2.53. The van der Waals surface area contributed by atoms with Gasteiger partial charge in [0.05, 0.1) is 12.6 Å². The maximum atomic E-state index is 13.0. The summed E-state index contributed by atoms with van der Waals surface area (Å²) in [7, 11) is 0. The summed E-state index contributed by atoms with van der Waals surface area (Å²) < 4.78 is 31.3. The summed E-state index contributed by atoms with van der Waals surface area (Å²) in [5.74, 6) is -1.26. The van der Waals surface area contributed by atoms with Gasteiger partial charge in [-0.3, -0.25) is 0 Å². The molecule has 0 radical (unpaired) electrons. The van der Waals surface area contributed by atoms with Crippen LogP contribution in [0.2, 0.25) is 0 Å². The van der Waals surface area contributed by atoms with Gasteiger partial charge in [0, 0.05) is 24.7 Å². The zero-order valence-corrected chi connectivity index (χ0v) is 9.07. The molecule has 17 heavy (non-hydrogen) atoms. The summed E-state index contributed by atoms with van der Waals surface area (Å²) in [4.78, 5) is 0. The lowest BCUT2D eigenvalue weighted by Crippen LogP contribution is -2.47. The van der Waals surface area contributed by atoms with Crippen molar-refractivity contribution >= 4 is 0 Å². The second-order valence-corrected chi connectivity index (χ2v) is 3.81. The summed E-state index contributed by atoms with van der Waals surface area (Å²) in [6.45, 7) is 0.537. The molecule has 0 saturated heterocycles. The molecule has 1 aromatic rings. The Morgan fingerprint density at radius 1 is 1.29 bits per heavy atom. The van der Waals surface area contributed by atoms with E-state index in [1.807, 2.05) is 6.08 Å². The van der Waals surface area contributed by atoms with E-state index in [1.54, 1.807) is 6.08 Å². The molecule has 0 fully saturated rings. The van der Waals surface area contributed by atoms with E-state index < -0.39 is 17.7 Å². The van der Waals surface area contributed by atoms with Crippen LogP contribution in [0.1, 0.15) is 0 Å². The highest BCUT2D eigenvalue weighted by molar-refractivity contribution is 5.25. The first-order valence-corrected chi connectivity index (χ1v) is 5.32. The van der Waals surface area contributed by atoms with Crippen LogP contribution in [0.25, 0.3) is 0 Å². The van der Waals surface area contributed by atoms with E-state index >= 15 is 0 Å². The Labute approximate surface area is 97.7 Å². The SMILES string of the molecule is OC[C@@H]1NCC=C[C@@H]1Oc1cc(F)cc(F)c1. The first-order chi connectivity index (χ1) is 8.19. The zero-order valence-electron chi connectivity index (χ0n) is 9.07. The average molecular weight is 241 g/mol. The van der Waals surface area contributed by atoms with Gasteiger partial charge in [-0.2, -0.15) is 0 Å². The molecule has 0 spiro atoms. The molecule has 0 saturated carbocycles. The second kappa shape index (κ2) is 5.25. The van der Waals surface area contributed by atoms with Gasteiger partial charge >= 0.3 is 0 Å². The minimum atomic E-state index is -0.687. The van der Waals surface area contributed by atoms with Crippen LogP contribution in [0.4, 0.5) is 8.78 Å². The average Bonchev–Trinajstić information content (AvgIpc) is 2.28. The first-order valence-electron chi connectivity index (χ1n) is 5.32. The molecule has 2 N–H and O–H groups in total. The summed E-state index contributed by atoms with van der Waals surface area (Å²) in [6.07, 6.45) is 3.17. The molecule has 3 nitrogen and oxygen atoms in total. The maximum absolute atomic E-state index is 13.0. The van der Waals surface area contributed by atoms with Gasteiger partial charge < -0.3 is 15.2 Å². The second-order valence-electron chi connectivity index (χ2n) is 3.81. The molecule has 0 bridgehead atoms. The van der Waals surface area contributed by atoms with Gasteiger partial charge in [-0.05, 0) is 6.08 Å². The molecule has 92 valence electrons. The number of rotatable bonds is 3. The van der Waals surface area contributed by atoms with Crippen molar-refractivity contribution in [2.24, 2.45) is 0 Å². The van der Waals surface area contributed by atoms with Crippen LogP contribution in [-0.4, -0.2) is 30.4 Å². The fourth-order valence-corrected chi connectivity index (χ4v) is 1.72. The fourth-order valence-electron chi connectivity index (χ4n) is 1.72. The van der Waals surface area contributed by atoms with E-state index in [-0.39, 0.29) is 18.4 Å². The Balaban J connectivity index is 2.13. The van der Waals surface area contributed by atoms with Crippen molar-refractivity contribution in [1.82, 2.24) is 5.32 Å². The van der Waals surface area contributed by atoms with E-state index in [2.05, 4.69) is 5.32 Å². The molecule has 2 rings (SSSR count). The lowest BCUT2D eigenvalue weighted by atomic mass is 10.1. The van der Waals surface area contributed by atoms with Crippen LogP contribution < -0.4 is 10.1 Å². The van der Waals surface area contributed by atoms with Gasteiger partial charge in [-0.1, -0.05) is 6.08 Å². The highest BCUT2D eigenvalue weighted by Crippen LogP contribution is 2.19. The van der Waals surface area contributed by atoms with Crippen molar-refractivity contribution < 1.29 is 18.6 Å². The molecule has 0 amide bonds. The van der Waals surface area contributed by atoms with E-state index in [0.717, 1.165) is 18.2 Å². The number of halogens is 2. The van der Waals surface area contributed by atoms with Gasteiger partial charge in [0.1, 0.15) is 23.5 Å². The number of nitrogens with one attached hydrogen (secondary N) is 1. The van der Waals surface area contributed by atoms with Crippen LogP contribution in [0.3, 0.4) is 0 Å². The van der Waals surface area contributed by atoms with Gasteiger partial charge in [-0.15, -0.1) is 0 Å². The van der Waals surface area contributed by atoms with Crippen LogP contribution in [-0.2, 0) is 0 Å². The third kappa shape index (κ3) is 3.01. The number of aliphatic hydroxyl groups excluding tert-OH is 1. The molecule has 0 unspecified atom stereocenters. The van der Waals surface area contributed by atoms with Crippen molar-refractivity contribution in [2.45, 2.75) is 12.1 Å². The lowest BCUT2D eigenvalue weighted by Gasteiger charge is -2.27. The predicted octanol–water partition coefficient (Wildman–Crippen LogP) is 1.23. The molecule has 1 heterocycles. The highest BCUT2D eigenvalue weighted by atomic mass is 19.1. The maximum Gasteiger partial charge on any atom is 0.134 e. The Kier molecular flexibility index (Phi) is 3.71. The Morgan fingerprint density at radius 2 is 2.00 bits per heavy atom. The molecular weight excluding hydrogens is 228 g/mol. The Hall–Kier alpha value is -1.46.